The molecule has 13 atom stereocenters. The number of alkyl halides is 3. The van der Waals surface area contributed by atoms with Gasteiger partial charge in [0, 0.05) is 32.2 Å². The highest BCUT2D eigenvalue weighted by Gasteiger charge is 2.49. The topological polar surface area (TPSA) is 466 Å². The SMILES string of the molecule is CC(C)CCCCCCCCC[C@@H]1CC(=O)N[C@H]([C@@H](C)O)C(=O)N2CCC[C@@H]2C(=O)N2CCCC2C(=O)N[C@@H](CCCNc2nc(C(F)(F)F)cc(=O)[nH]2)C(=O)N[C@H]([C@@H](O)C(=O)O)C(=O)N[C@H](CO)C(=O)N2CC[C@H](O)[C@H]2C(=O)N[C@@H]([C@H](O)C(=O)O)C(=O)O1. The van der Waals surface area contributed by atoms with Gasteiger partial charge < -0.3 is 87.1 Å². The molecule has 31 nitrogen and oxygen atoms in total. The van der Waals surface area contributed by atoms with E-state index in [-0.39, 0.29) is 57.7 Å². The molecule has 4 saturated heterocycles. The highest BCUT2D eigenvalue weighted by Crippen LogP contribution is 2.29. The molecule has 1 unspecified atom stereocenters. The lowest BCUT2D eigenvalue weighted by Crippen LogP contribution is -2.64. The molecule has 4 fully saturated rings. The highest BCUT2D eigenvalue weighted by atomic mass is 19.4. The average Bonchev–Trinajstić information content (AvgIpc) is 1.98. The number of hydrogen-bond donors (Lipinski definition) is 14. The number of aromatic amines is 1. The number of aliphatic hydroxyl groups excluding tert-OH is 5. The third kappa shape index (κ3) is 20.2. The zero-order valence-corrected chi connectivity index (χ0v) is 49.6. The van der Waals surface area contributed by atoms with Crippen molar-refractivity contribution in [1.29, 1.82) is 0 Å². The zero-order valence-electron chi connectivity index (χ0n) is 49.6. The number of cyclic esters (lactones) is 1. The number of aliphatic hydroxyl groups is 5. The van der Waals surface area contributed by atoms with E-state index in [0.717, 1.165) is 48.3 Å². The smallest absolute Gasteiger partial charge is 0.433 e. The lowest BCUT2D eigenvalue weighted by Gasteiger charge is -2.34. The lowest BCUT2D eigenvalue weighted by atomic mass is 10.0. The summed E-state index contributed by atoms with van der Waals surface area (Å²) in [7, 11) is 0. The molecular weight excluding hydrogens is 1190 g/mol. The van der Waals surface area contributed by atoms with Crippen LogP contribution in [-0.4, -0.2) is 237 Å². The molecule has 14 N–H and O–H groups in total. The summed E-state index contributed by atoms with van der Waals surface area (Å²) in [5.41, 5.74) is -2.76. The molecule has 89 heavy (non-hydrogen) atoms. The Balaban J connectivity index is 1.53. The Morgan fingerprint density at radius 1 is 0.663 bits per heavy atom. The largest absolute Gasteiger partial charge is 0.479 e. The Labute approximate surface area is 508 Å². The van der Waals surface area contributed by atoms with Crippen molar-refractivity contribution in [3.05, 3.63) is 22.1 Å². The Kier molecular flexibility index (Phi) is 27.0. The van der Waals surface area contributed by atoms with Gasteiger partial charge in [-0.3, -0.25) is 48.1 Å². The van der Waals surface area contributed by atoms with Gasteiger partial charge in [-0.1, -0.05) is 58.8 Å². The number of aliphatic carboxylic acids is 2. The van der Waals surface area contributed by atoms with Crippen LogP contribution in [0.25, 0.3) is 0 Å². The van der Waals surface area contributed by atoms with Crippen LogP contribution < -0.4 is 37.5 Å². The van der Waals surface area contributed by atoms with Crippen LogP contribution in [0.4, 0.5) is 19.1 Å². The van der Waals surface area contributed by atoms with Gasteiger partial charge in [0.25, 0.3) is 5.56 Å². The van der Waals surface area contributed by atoms with Gasteiger partial charge in [0.05, 0.1) is 25.2 Å². The van der Waals surface area contributed by atoms with Crippen LogP contribution in [0.2, 0.25) is 0 Å². The number of aromatic nitrogens is 2. The fraction of sp³-hybridized carbons (Fsp3) is 0.727. The first kappa shape index (κ1) is 72.2. The molecule has 0 saturated carbocycles. The number of carboxylic acid groups (broad SMARTS) is 2. The number of amides is 8. The van der Waals surface area contributed by atoms with E-state index >= 15 is 0 Å². The predicted molar refractivity (Wildman–Crippen MR) is 300 cm³/mol. The van der Waals surface area contributed by atoms with Gasteiger partial charge >= 0.3 is 24.1 Å². The minimum absolute atomic E-state index is 0.0195. The highest BCUT2D eigenvalue weighted by molar-refractivity contribution is 6.00. The molecule has 0 aromatic carbocycles. The number of carbonyl (C=O) groups is 11. The Morgan fingerprint density at radius 3 is 1.85 bits per heavy atom. The van der Waals surface area contributed by atoms with Gasteiger partial charge in [0.15, 0.2) is 23.9 Å². The molecule has 0 aliphatic carbocycles. The van der Waals surface area contributed by atoms with Crippen molar-refractivity contribution in [2.75, 3.05) is 38.1 Å². The van der Waals surface area contributed by atoms with Crippen molar-refractivity contribution < 1.29 is 106 Å². The van der Waals surface area contributed by atoms with Crippen LogP contribution in [0.1, 0.15) is 136 Å². The first-order chi connectivity index (χ1) is 41.9. The van der Waals surface area contributed by atoms with Gasteiger partial charge in [0.2, 0.25) is 53.2 Å². The van der Waals surface area contributed by atoms with E-state index in [9.17, 15) is 106 Å². The standard InChI is InChI=1S/C55H82F3N11O20/c1-27(2)14-9-7-5-4-6-8-10-15-29-24-36(73)63-38(28(3)71)50(83)68-22-13-18-33(68)49(82)67-21-12-17-32(67)45(78)60-30(16-11-20-59-54-62-35(55(56,57)58)25-37(74)64-54)44(77)65-39(42(75)51(84)85)46(79)61-31(26-70)48(81)69-23-19-34(72)41(69)47(80)66-40(53(88)89-29)43(76)52(86)87/h25,27-34,38-43,70-72,75-76H,4-24,26H2,1-3H3,(H,60,78)(H,61,79)(H,63,73)(H,65,77)(H,66,80)(H,84,85)(H,86,87)(H2,59,62,64,74)/t28-,29-,30+,31-,32?,33-,34+,38-,39-,40+,41+,42-,43+/m1/s1. The van der Waals surface area contributed by atoms with E-state index in [0.29, 0.717) is 23.7 Å². The van der Waals surface area contributed by atoms with Crippen molar-refractivity contribution in [3.63, 3.8) is 0 Å². The van der Waals surface area contributed by atoms with Crippen LogP contribution in [0, 0.1) is 5.92 Å². The number of halogens is 3. The van der Waals surface area contributed by atoms with Crippen molar-refractivity contribution >= 4 is 71.1 Å². The van der Waals surface area contributed by atoms with Crippen molar-refractivity contribution in [3.8, 4) is 0 Å². The molecule has 5 rings (SSSR count). The van der Waals surface area contributed by atoms with Crippen LogP contribution in [0.15, 0.2) is 10.9 Å². The van der Waals surface area contributed by atoms with Crippen LogP contribution >= 0.6 is 0 Å². The normalized spacial score (nSPS) is 27.0. The number of H-pyrrole nitrogens is 1. The maximum absolute atomic E-state index is 14.6. The van der Waals surface area contributed by atoms with E-state index in [4.69, 9.17) is 4.74 Å². The van der Waals surface area contributed by atoms with E-state index in [1.165, 1.54) is 6.92 Å². The first-order valence-corrected chi connectivity index (χ1v) is 29.8. The molecule has 4 aliphatic rings. The summed E-state index contributed by atoms with van der Waals surface area (Å²) in [6, 6.07) is -15.6. The molecular formula is C55H82F3N11O20. The molecule has 0 radical (unpaired) electrons. The fourth-order valence-electron chi connectivity index (χ4n) is 11.1. The molecule has 5 heterocycles. The first-order valence-electron chi connectivity index (χ1n) is 29.8. The second-order valence-corrected chi connectivity index (χ2v) is 23.1. The fourth-order valence-corrected chi connectivity index (χ4v) is 11.1. The number of ether oxygens (including phenoxy) is 1. The summed E-state index contributed by atoms with van der Waals surface area (Å²) in [4.78, 5) is 173. The molecule has 34 heteroatoms. The molecule has 4 aliphatic heterocycles. The number of esters is 1. The number of carboxylic acids is 2. The van der Waals surface area contributed by atoms with E-state index in [2.05, 4.69) is 39.8 Å². The van der Waals surface area contributed by atoms with Crippen molar-refractivity contribution in [1.82, 2.24) is 51.3 Å². The summed E-state index contributed by atoms with van der Waals surface area (Å²) < 4.78 is 46.1. The molecule has 0 bridgehead atoms. The molecule has 498 valence electrons. The third-order valence-electron chi connectivity index (χ3n) is 15.8. The van der Waals surface area contributed by atoms with Gasteiger partial charge in [-0.15, -0.1) is 0 Å². The second-order valence-electron chi connectivity index (χ2n) is 23.1. The number of nitrogens with one attached hydrogen (secondary N) is 7. The Bertz CT molecular complexity index is 2760. The van der Waals surface area contributed by atoms with Gasteiger partial charge in [0.1, 0.15) is 48.4 Å². The number of fused-ring (bicyclic) bond motifs is 3. The predicted octanol–water partition coefficient (Wildman–Crippen LogP) is -2.90. The summed E-state index contributed by atoms with van der Waals surface area (Å²) in [5.74, 6) is -15.8. The minimum Gasteiger partial charge on any atom is -0.479 e. The van der Waals surface area contributed by atoms with Crippen LogP contribution in [0.5, 0.6) is 0 Å². The summed E-state index contributed by atoms with van der Waals surface area (Å²) in [6.45, 7) is 2.93. The van der Waals surface area contributed by atoms with E-state index in [1.807, 2.05) is 16.0 Å². The molecule has 8 amide bonds. The van der Waals surface area contributed by atoms with E-state index < -0.39 is 206 Å². The third-order valence-corrected chi connectivity index (χ3v) is 15.8. The van der Waals surface area contributed by atoms with Crippen LogP contribution in [0.3, 0.4) is 0 Å². The molecule has 0 spiro atoms. The van der Waals surface area contributed by atoms with Crippen LogP contribution in [-0.2, 0) is 63.7 Å². The average molecular weight is 1270 g/mol. The second kappa shape index (κ2) is 33.3. The zero-order chi connectivity index (χ0) is 66.0. The summed E-state index contributed by atoms with van der Waals surface area (Å²) in [6.07, 6.45) is -10.9. The minimum atomic E-state index is -5.04. The maximum atomic E-state index is 14.6. The van der Waals surface area contributed by atoms with Crippen molar-refractivity contribution in [2.45, 2.75) is 215 Å². The Hall–Kier alpha value is -7.56. The number of anilines is 1. The Morgan fingerprint density at radius 2 is 1.25 bits per heavy atom. The number of nitrogens with zero attached hydrogens (tertiary/aromatic N) is 4. The number of unbranched alkanes of at least 4 members (excludes halogenated alkanes) is 6. The quantitative estimate of drug-likeness (QED) is 0.0433. The number of hydrogen-bond acceptors (Lipinski definition) is 20. The van der Waals surface area contributed by atoms with Crippen molar-refractivity contribution in [2.24, 2.45) is 5.92 Å². The van der Waals surface area contributed by atoms with E-state index in [1.54, 1.807) is 0 Å². The van der Waals surface area contributed by atoms with Gasteiger partial charge in [-0.2, -0.15) is 13.2 Å². The number of rotatable bonds is 21. The van der Waals surface area contributed by atoms with Gasteiger partial charge in [-0.05, 0) is 70.6 Å². The summed E-state index contributed by atoms with van der Waals surface area (Å²) >= 11 is 0. The number of carbonyl (C=O) groups excluding carboxylic acids is 9. The monoisotopic (exact) mass is 1270 g/mol. The maximum Gasteiger partial charge on any atom is 0.433 e. The molecule has 1 aromatic heterocycles. The lowest BCUT2D eigenvalue weighted by molar-refractivity contribution is -0.165. The molecule has 1 aromatic rings. The summed E-state index contributed by atoms with van der Waals surface area (Å²) in [5, 5.41) is 87.3. The van der Waals surface area contributed by atoms with Gasteiger partial charge in [-0.25, -0.2) is 19.4 Å².